The summed E-state index contributed by atoms with van der Waals surface area (Å²) in [6.07, 6.45) is -3.35. The molecule has 0 bridgehead atoms. The first-order valence-electron chi connectivity index (χ1n) is 5.87. The van der Waals surface area contributed by atoms with Crippen LogP contribution in [-0.2, 0) is 12.7 Å². The number of alkyl halides is 3. The maximum atomic E-state index is 12.5. The first-order valence-corrected chi connectivity index (χ1v) is 6.69. The molecule has 8 heteroatoms. The van der Waals surface area contributed by atoms with Crippen LogP contribution in [0.25, 0.3) is 0 Å². The Morgan fingerprint density at radius 1 is 1.47 bits per heavy atom. The van der Waals surface area contributed by atoms with Crippen molar-refractivity contribution in [3.05, 3.63) is 16.1 Å². The standard InChI is InChI=1S/C11H16F3N3S.ClH/c1-7-8(2)17(4-3-15-7)6-10-16-5-9(18-10)11(12,13)14;/h5,7-8,15H,3-4,6H2,1-2H3;1H. The number of thiazole rings is 1. The molecule has 1 N–H and O–H groups in total. The Kier molecular flexibility index (Phi) is 5.61. The van der Waals surface area contributed by atoms with Crippen LogP contribution in [-0.4, -0.2) is 35.1 Å². The summed E-state index contributed by atoms with van der Waals surface area (Å²) in [4.78, 5) is 5.42. The van der Waals surface area contributed by atoms with Crippen LogP contribution in [0.2, 0.25) is 0 Å². The lowest BCUT2D eigenvalue weighted by atomic mass is 10.1. The molecule has 3 nitrogen and oxygen atoms in total. The zero-order valence-corrected chi connectivity index (χ0v) is 12.3. The third-order valence-corrected chi connectivity index (χ3v) is 4.36. The van der Waals surface area contributed by atoms with Gasteiger partial charge in [-0.15, -0.1) is 23.7 Å². The van der Waals surface area contributed by atoms with Gasteiger partial charge in [0.05, 0.1) is 12.7 Å². The molecule has 2 rings (SSSR count). The second-order valence-corrected chi connectivity index (χ2v) is 5.69. The Morgan fingerprint density at radius 2 is 2.16 bits per heavy atom. The smallest absolute Gasteiger partial charge is 0.311 e. The minimum absolute atomic E-state index is 0. The molecule has 1 aromatic heterocycles. The van der Waals surface area contributed by atoms with Gasteiger partial charge < -0.3 is 5.32 Å². The summed E-state index contributed by atoms with van der Waals surface area (Å²) in [5, 5.41) is 3.87. The summed E-state index contributed by atoms with van der Waals surface area (Å²) in [5.41, 5.74) is 0. The van der Waals surface area contributed by atoms with E-state index in [4.69, 9.17) is 0 Å². The highest BCUT2D eigenvalue weighted by atomic mass is 35.5. The van der Waals surface area contributed by atoms with Gasteiger partial charge in [-0.25, -0.2) is 4.98 Å². The lowest BCUT2D eigenvalue weighted by Crippen LogP contribution is -2.54. The molecule has 0 aromatic carbocycles. The summed E-state index contributed by atoms with van der Waals surface area (Å²) in [6, 6.07) is 0.651. The molecule has 19 heavy (non-hydrogen) atoms. The number of nitrogens with one attached hydrogen (secondary N) is 1. The minimum atomic E-state index is -4.28. The molecular formula is C11H17ClF3N3S. The Balaban J connectivity index is 0.00000180. The van der Waals surface area contributed by atoms with E-state index in [1.54, 1.807) is 0 Å². The molecule has 2 unspecified atom stereocenters. The Hall–Kier alpha value is -0.370. The fourth-order valence-electron chi connectivity index (χ4n) is 2.04. The third-order valence-electron chi connectivity index (χ3n) is 3.34. The molecular weight excluding hydrogens is 299 g/mol. The first-order chi connectivity index (χ1) is 8.38. The molecule has 0 aliphatic carbocycles. The van der Waals surface area contributed by atoms with E-state index >= 15 is 0 Å². The number of rotatable bonds is 2. The predicted molar refractivity (Wildman–Crippen MR) is 71.7 cm³/mol. The zero-order valence-electron chi connectivity index (χ0n) is 10.7. The van der Waals surface area contributed by atoms with E-state index in [0.717, 1.165) is 30.6 Å². The highest BCUT2D eigenvalue weighted by Crippen LogP contribution is 2.33. The highest BCUT2D eigenvalue weighted by Gasteiger charge is 2.33. The Morgan fingerprint density at radius 3 is 2.74 bits per heavy atom. The lowest BCUT2D eigenvalue weighted by Gasteiger charge is -2.38. The van der Waals surface area contributed by atoms with Crippen LogP contribution in [0.15, 0.2) is 6.20 Å². The maximum absolute atomic E-state index is 12.5. The summed E-state index contributed by atoms with van der Waals surface area (Å²) < 4.78 is 37.4. The number of piperazine rings is 1. The van der Waals surface area contributed by atoms with Crippen molar-refractivity contribution >= 4 is 23.7 Å². The van der Waals surface area contributed by atoms with Gasteiger partial charge in [-0.1, -0.05) is 0 Å². The maximum Gasteiger partial charge on any atom is 0.427 e. The van der Waals surface area contributed by atoms with Crippen LogP contribution in [0.3, 0.4) is 0 Å². The fraction of sp³-hybridized carbons (Fsp3) is 0.727. The Labute approximate surface area is 120 Å². The molecule has 0 radical (unpaired) electrons. The molecule has 0 spiro atoms. The van der Waals surface area contributed by atoms with Crippen molar-refractivity contribution in [2.24, 2.45) is 0 Å². The predicted octanol–water partition coefficient (Wildman–Crippen LogP) is 2.77. The number of aromatic nitrogens is 1. The van der Waals surface area contributed by atoms with Crippen LogP contribution in [0.5, 0.6) is 0 Å². The average Bonchev–Trinajstić information content (AvgIpc) is 2.73. The first kappa shape index (κ1) is 16.7. The van der Waals surface area contributed by atoms with Gasteiger partial charge in [0.15, 0.2) is 0 Å². The van der Waals surface area contributed by atoms with Crippen molar-refractivity contribution in [2.45, 2.75) is 38.7 Å². The van der Waals surface area contributed by atoms with Crippen molar-refractivity contribution in [1.82, 2.24) is 15.2 Å². The average molecular weight is 316 g/mol. The molecule has 1 saturated heterocycles. The SMILES string of the molecule is CC1NCCN(Cc2ncc(C(F)(F)F)s2)C1C.Cl. The Bertz CT molecular complexity index is 410. The van der Waals surface area contributed by atoms with Gasteiger partial charge in [0.2, 0.25) is 0 Å². The van der Waals surface area contributed by atoms with E-state index in [1.807, 2.05) is 0 Å². The fourth-order valence-corrected chi connectivity index (χ4v) is 2.85. The molecule has 1 aliphatic heterocycles. The monoisotopic (exact) mass is 315 g/mol. The summed E-state index contributed by atoms with van der Waals surface area (Å²) in [7, 11) is 0. The van der Waals surface area contributed by atoms with E-state index in [9.17, 15) is 13.2 Å². The third kappa shape index (κ3) is 4.05. The van der Waals surface area contributed by atoms with Crippen LogP contribution >= 0.6 is 23.7 Å². The van der Waals surface area contributed by atoms with E-state index in [2.05, 4.69) is 29.0 Å². The van der Waals surface area contributed by atoms with Gasteiger partial charge in [-0.3, -0.25) is 4.90 Å². The minimum Gasteiger partial charge on any atom is -0.311 e. The van der Waals surface area contributed by atoms with E-state index in [1.165, 1.54) is 0 Å². The van der Waals surface area contributed by atoms with Gasteiger partial charge in [0, 0.05) is 25.2 Å². The molecule has 1 fully saturated rings. The van der Waals surface area contributed by atoms with E-state index in [0.29, 0.717) is 23.6 Å². The highest BCUT2D eigenvalue weighted by molar-refractivity contribution is 7.11. The van der Waals surface area contributed by atoms with Crippen molar-refractivity contribution in [3.8, 4) is 0 Å². The van der Waals surface area contributed by atoms with E-state index in [-0.39, 0.29) is 12.4 Å². The quantitative estimate of drug-likeness (QED) is 0.909. The number of halogens is 4. The lowest BCUT2D eigenvalue weighted by molar-refractivity contribution is -0.134. The largest absolute Gasteiger partial charge is 0.427 e. The molecule has 2 atom stereocenters. The molecule has 1 aliphatic rings. The summed E-state index contributed by atoms with van der Waals surface area (Å²) >= 11 is 0.739. The van der Waals surface area contributed by atoms with Crippen LogP contribution in [0.1, 0.15) is 23.7 Å². The van der Waals surface area contributed by atoms with Crippen molar-refractivity contribution in [1.29, 1.82) is 0 Å². The molecule has 0 saturated carbocycles. The van der Waals surface area contributed by atoms with Gasteiger partial charge >= 0.3 is 6.18 Å². The second-order valence-electron chi connectivity index (χ2n) is 4.57. The number of hydrogen-bond acceptors (Lipinski definition) is 4. The zero-order chi connectivity index (χ0) is 13.3. The van der Waals surface area contributed by atoms with Gasteiger partial charge in [-0.05, 0) is 13.8 Å². The second kappa shape index (κ2) is 6.39. The normalized spacial score (nSPS) is 25.1. The molecule has 110 valence electrons. The number of hydrogen-bond donors (Lipinski definition) is 1. The van der Waals surface area contributed by atoms with Gasteiger partial charge in [0.25, 0.3) is 0 Å². The summed E-state index contributed by atoms with van der Waals surface area (Å²) in [6.45, 7) is 6.36. The van der Waals surface area contributed by atoms with Crippen molar-refractivity contribution in [2.75, 3.05) is 13.1 Å². The molecule has 1 aromatic rings. The van der Waals surface area contributed by atoms with Crippen LogP contribution < -0.4 is 5.32 Å². The van der Waals surface area contributed by atoms with Gasteiger partial charge in [-0.2, -0.15) is 13.2 Å². The molecule has 0 amide bonds. The number of nitrogens with zero attached hydrogens (tertiary/aromatic N) is 2. The van der Waals surface area contributed by atoms with E-state index < -0.39 is 11.1 Å². The van der Waals surface area contributed by atoms with Crippen LogP contribution in [0, 0.1) is 0 Å². The summed E-state index contributed by atoms with van der Waals surface area (Å²) in [5.74, 6) is 0. The van der Waals surface area contributed by atoms with Crippen molar-refractivity contribution < 1.29 is 13.2 Å². The topological polar surface area (TPSA) is 28.2 Å². The van der Waals surface area contributed by atoms with Crippen LogP contribution in [0.4, 0.5) is 13.2 Å². The van der Waals surface area contributed by atoms with Crippen molar-refractivity contribution in [3.63, 3.8) is 0 Å². The molecule has 2 heterocycles. The van der Waals surface area contributed by atoms with Gasteiger partial charge in [0.1, 0.15) is 9.88 Å².